The molecule has 0 aromatic carbocycles. The van der Waals surface area contributed by atoms with Crippen LogP contribution in [0.5, 0.6) is 0 Å². The van der Waals surface area contributed by atoms with Crippen molar-refractivity contribution >= 4 is 17.7 Å². The van der Waals surface area contributed by atoms with E-state index in [-0.39, 0.29) is 16.8 Å². The van der Waals surface area contributed by atoms with Crippen LogP contribution in [-0.2, 0) is 9.53 Å². The molecule has 1 fully saturated rings. The summed E-state index contributed by atoms with van der Waals surface area (Å²) in [6, 6.07) is 0. The molecule has 0 aliphatic heterocycles. The van der Waals surface area contributed by atoms with Crippen LogP contribution in [0.1, 0.15) is 65.7 Å². The van der Waals surface area contributed by atoms with Crippen LogP contribution in [0, 0.1) is 5.92 Å². The van der Waals surface area contributed by atoms with Gasteiger partial charge in [-0.15, -0.1) is 0 Å². The van der Waals surface area contributed by atoms with Crippen molar-refractivity contribution in [3.05, 3.63) is 0 Å². The summed E-state index contributed by atoms with van der Waals surface area (Å²) in [5.41, 5.74) is -0.207. The first-order chi connectivity index (χ1) is 8.59. The lowest BCUT2D eigenvalue weighted by atomic mass is 9.74. The Balaban J connectivity index is 2.75. The maximum Gasteiger partial charge on any atom is 0.319 e. The number of hydrogen-bond donors (Lipinski definition) is 0. The van der Waals surface area contributed by atoms with Gasteiger partial charge >= 0.3 is 5.97 Å². The second-order valence-electron chi connectivity index (χ2n) is 5.41. The van der Waals surface area contributed by atoms with E-state index >= 15 is 0 Å². The van der Waals surface area contributed by atoms with Crippen molar-refractivity contribution < 1.29 is 9.53 Å². The van der Waals surface area contributed by atoms with E-state index in [1.54, 1.807) is 11.8 Å². The zero-order chi connectivity index (χ0) is 13.6. The monoisotopic (exact) mass is 272 g/mol. The first-order valence-corrected chi connectivity index (χ1v) is 8.64. The molecule has 1 atom stereocenters. The molecular formula is C15H28O2S. The van der Waals surface area contributed by atoms with E-state index in [1.807, 2.05) is 13.2 Å². The molecule has 106 valence electrons. The zero-order valence-corrected chi connectivity index (χ0v) is 13.1. The van der Waals surface area contributed by atoms with Crippen molar-refractivity contribution in [2.75, 3.05) is 6.26 Å². The summed E-state index contributed by atoms with van der Waals surface area (Å²) in [5.74, 6) is 0.538. The first-order valence-electron chi connectivity index (χ1n) is 7.35. The minimum absolute atomic E-state index is 0.0308. The lowest BCUT2D eigenvalue weighted by Crippen LogP contribution is -2.44. The van der Waals surface area contributed by atoms with Crippen LogP contribution in [0.4, 0.5) is 0 Å². The number of carbonyl (C=O) groups excluding carboxylic acids is 1. The summed E-state index contributed by atoms with van der Waals surface area (Å²) in [6.45, 7) is 6.26. The summed E-state index contributed by atoms with van der Waals surface area (Å²) in [7, 11) is 0. The fraction of sp³-hybridized carbons (Fsp3) is 0.933. The topological polar surface area (TPSA) is 26.3 Å². The van der Waals surface area contributed by atoms with Gasteiger partial charge in [-0.2, -0.15) is 11.8 Å². The molecule has 0 spiro atoms. The van der Waals surface area contributed by atoms with Crippen molar-refractivity contribution in [1.82, 2.24) is 0 Å². The minimum Gasteiger partial charge on any atom is -0.458 e. The number of ether oxygens (including phenoxy) is 1. The molecule has 0 bridgehead atoms. The van der Waals surface area contributed by atoms with E-state index in [4.69, 9.17) is 4.74 Å². The van der Waals surface area contributed by atoms with Crippen LogP contribution in [-0.4, -0.2) is 23.1 Å². The number of esters is 1. The third-order valence-electron chi connectivity index (χ3n) is 4.54. The Hall–Kier alpha value is -0.180. The summed E-state index contributed by atoms with van der Waals surface area (Å²) in [5, 5.41) is -0.0499. The smallest absolute Gasteiger partial charge is 0.319 e. The van der Waals surface area contributed by atoms with Crippen LogP contribution >= 0.6 is 11.8 Å². The van der Waals surface area contributed by atoms with Gasteiger partial charge in [-0.25, -0.2) is 0 Å². The van der Waals surface area contributed by atoms with Gasteiger partial charge in [-0.1, -0.05) is 33.1 Å². The molecule has 18 heavy (non-hydrogen) atoms. The largest absolute Gasteiger partial charge is 0.458 e. The summed E-state index contributed by atoms with van der Waals surface area (Å²) in [4.78, 5) is 12.1. The van der Waals surface area contributed by atoms with Gasteiger partial charge in [0, 0.05) is 0 Å². The average Bonchev–Trinajstić information content (AvgIpc) is 2.44. The normalized spacial score (nSPS) is 19.6. The van der Waals surface area contributed by atoms with E-state index in [9.17, 15) is 4.79 Å². The van der Waals surface area contributed by atoms with Crippen LogP contribution in [0.25, 0.3) is 0 Å². The highest BCUT2D eigenvalue weighted by Gasteiger charge is 2.40. The van der Waals surface area contributed by atoms with Crippen molar-refractivity contribution in [1.29, 1.82) is 0 Å². The molecule has 1 saturated carbocycles. The quantitative estimate of drug-likeness (QED) is 0.670. The summed E-state index contributed by atoms with van der Waals surface area (Å²) < 4.78 is 5.97. The highest BCUT2D eigenvalue weighted by atomic mass is 32.2. The maximum atomic E-state index is 12.1. The van der Waals surface area contributed by atoms with Crippen LogP contribution in [0.15, 0.2) is 0 Å². The van der Waals surface area contributed by atoms with Gasteiger partial charge in [-0.3, -0.25) is 4.79 Å². The number of hydrogen-bond acceptors (Lipinski definition) is 3. The molecular weight excluding hydrogens is 244 g/mol. The van der Waals surface area contributed by atoms with Gasteiger partial charge in [0.05, 0.1) is 5.25 Å². The molecule has 1 aliphatic rings. The molecule has 3 heteroatoms. The third kappa shape index (κ3) is 3.66. The molecule has 1 unspecified atom stereocenters. The Labute approximate surface area is 116 Å². The van der Waals surface area contributed by atoms with Gasteiger partial charge in [0.15, 0.2) is 0 Å². The zero-order valence-electron chi connectivity index (χ0n) is 12.3. The number of carbonyl (C=O) groups is 1. The van der Waals surface area contributed by atoms with Crippen LogP contribution in [0.3, 0.4) is 0 Å². The fourth-order valence-corrected chi connectivity index (χ4v) is 3.30. The van der Waals surface area contributed by atoms with E-state index in [2.05, 4.69) is 13.8 Å². The Morgan fingerprint density at radius 1 is 1.28 bits per heavy atom. The molecule has 0 N–H and O–H groups in total. The first kappa shape index (κ1) is 15.9. The molecule has 0 heterocycles. The Morgan fingerprint density at radius 2 is 1.83 bits per heavy atom. The predicted octanol–water partition coefficient (Wildman–Crippen LogP) is 4.42. The SMILES string of the molecule is CCC(CC)(OC(=O)C(C)SC)C1CCCCC1. The van der Waals surface area contributed by atoms with Crippen molar-refractivity contribution in [3.63, 3.8) is 0 Å². The highest BCUT2D eigenvalue weighted by Crippen LogP contribution is 2.40. The molecule has 0 radical (unpaired) electrons. The Kier molecular flexibility index (Phi) is 6.54. The van der Waals surface area contributed by atoms with Crippen molar-refractivity contribution in [3.8, 4) is 0 Å². The maximum absolute atomic E-state index is 12.1. The molecule has 0 saturated heterocycles. The van der Waals surface area contributed by atoms with Gasteiger partial charge in [0.25, 0.3) is 0 Å². The molecule has 1 rings (SSSR count). The number of rotatable bonds is 6. The molecule has 0 aromatic heterocycles. The van der Waals surface area contributed by atoms with E-state index in [0.717, 1.165) is 12.8 Å². The lowest BCUT2D eigenvalue weighted by Gasteiger charge is -2.41. The van der Waals surface area contributed by atoms with E-state index in [1.165, 1.54) is 32.1 Å². The molecule has 1 aliphatic carbocycles. The van der Waals surface area contributed by atoms with Crippen LogP contribution < -0.4 is 0 Å². The van der Waals surface area contributed by atoms with Gasteiger partial charge in [0.1, 0.15) is 5.60 Å². The molecule has 2 nitrogen and oxygen atoms in total. The highest BCUT2D eigenvalue weighted by molar-refractivity contribution is 7.99. The average molecular weight is 272 g/mol. The second kappa shape index (κ2) is 7.42. The van der Waals surface area contributed by atoms with Gasteiger partial charge in [0.2, 0.25) is 0 Å². The van der Waals surface area contributed by atoms with E-state index < -0.39 is 0 Å². The standard InChI is InChI=1S/C15H28O2S/c1-5-15(6-2,13-10-8-7-9-11-13)17-14(16)12(3)18-4/h12-13H,5-11H2,1-4H3. The van der Waals surface area contributed by atoms with Gasteiger partial charge in [-0.05, 0) is 44.8 Å². The fourth-order valence-electron chi connectivity index (χ4n) is 3.06. The van der Waals surface area contributed by atoms with Crippen LogP contribution in [0.2, 0.25) is 0 Å². The Morgan fingerprint density at radius 3 is 2.28 bits per heavy atom. The lowest BCUT2D eigenvalue weighted by molar-refractivity contribution is -0.168. The van der Waals surface area contributed by atoms with Crippen molar-refractivity contribution in [2.24, 2.45) is 5.92 Å². The molecule has 0 amide bonds. The van der Waals surface area contributed by atoms with Crippen molar-refractivity contribution in [2.45, 2.75) is 76.6 Å². The second-order valence-corrected chi connectivity index (χ2v) is 6.58. The minimum atomic E-state index is -0.207. The predicted molar refractivity (Wildman–Crippen MR) is 79.0 cm³/mol. The summed E-state index contributed by atoms with van der Waals surface area (Å²) in [6.07, 6.45) is 10.2. The summed E-state index contributed by atoms with van der Waals surface area (Å²) >= 11 is 1.57. The third-order valence-corrected chi connectivity index (χ3v) is 5.44. The Bertz CT molecular complexity index is 255. The number of thioether (sulfide) groups is 1. The van der Waals surface area contributed by atoms with Gasteiger partial charge < -0.3 is 4.74 Å². The van der Waals surface area contributed by atoms with E-state index in [0.29, 0.717) is 5.92 Å². The molecule has 0 aromatic rings.